The molecule has 0 atom stereocenters. The standard InChI is InChI=1S/C6H8BrNO2S2/c1-12(9,10)3-2-5-4-8-6(7)11-5/h4H,2-3H2,1H3. The lowest BCUT2D eigenvalue weighted by molar-refractivity contribution is 0.601. The number of rotatable bonds is 3. The summed E-state index contributed by atoms with van der Waals surface area (Å²) in [4.78, 5) is 4.95. The van der Waals surface area contributed by atoms with Crippen LogP contribution in [-0.2, 0) is 16.3 Å². The van der Waals surface area contributed by atoms with E-state index in [4.69, 9.17) is 0 Å². The van der Waals surface area contributed by atoms with Crippen molar-refractivity contribution in [1.29, 1.82) is 0 Å². The smallest absolute Gasteiger partial charge is 0.159 e. The molecule has 0 spiro atoms. The van der Waals surface area contributed by atoms with Gasteiger partial charge in [0.2, 0.25) is 0 Å². The maximum Gasteiger partial charge on any atom is 0.159 e. The van der Waals surface area contributed by atoms with E-state index < -0.39 is 9.84 Å². The molecule has 3 nitrogen and oxygen atoms in total. The first-order chi connectivity index (χ1) is 5.47. The van der Waals surface area contributed by atoms with Crippen molar-refractivity contribution < 1.29 is 8.42 Å². The Hall–Kier alpha value is 0.0600. The van der Waals surface area contributed by atoms with Gasteiger partial charge in [-0.05, 0) is 22.4 Å². The van der Waals surface area contributed by atoms with Crippen LogP contribution in [0.3, 0.4) is 0 Å². The summed E-state index contributed by atoms with van der Waals surface area (Å²) in [6.07, 6.45) is 3.49. The van der Waals surface area contributed by atoms with Gasteiger partial charge in [-0.25, -0.2) is 13.4 Å². The van der Waals surface area contributed by atoms with Gasteiger partial charge in [-0.2, -0.15) is 0 Å². The Morgan fingerprint density at radius 2 is 2.33 bits per heavy atom. The van der Waals surface area contributed by atoms with E-state index >= 15 is 0 Å². The van der Waals surface area contributed by atoms with Crippen molar-refractivity contribution in [3.05, 3.63) is 15.0 Å². The molecule has 1 heterocycles. The summed E-state index contributed by atoms with van der Waals surface area (Å²) in [5.74, 6) is 0.196. The van der Waals surface area contributed by atoms with Crippen molar-refractivity contribution >= 4 is 37.1 Å². The van der Waals surface area contributed by atoms with Gasteiger partial charge in [0.15, 0.2) is 3.92 Å². The van der Waals surface area contributed by atoms with Crippen molar-refractivity contribution in [2.45, 2.75) is 6.42 Å². The third-order valence-electron chi connectivity index (χ3n) is 1.24. The first-order valence-corrected chi connectivity index (χ1v) is 6.92. The van der Waals surface area contributed by atoms with E-state index in [1.54, 1.807) is 6.20 Å². The summed E-state index contributed by atoms with van der Waals surface area (Å²) >= 11 is 4.68. The highest BCUT2D eigenvalue weighted by Gasteiger charge is 2.04. The van der Waals surface area contributed by atoms with Crippen LogP contribution in [0.2, 0.25) is 0 Å². The Balaban J connectivity index is 2.55. The molecule has 68 valence electrons. The highest BCUT2D eigenvalue weighted by Crippen LogP contribution is 2.18. The molecule has 0 aliphatic rings. The van der Waals surface area contributed by atoms with Crippen molar-refractivity contribution in [3.8, 4) is 0 Å². The van der Waals surface area contributed by atoms with E-state index in [-0.39, 0.29) is 5.75 Å². The van der Waals surface area contributed by atoms with E-state index in [0.717, 1.165) is 8.79 Å². The van der Waals surface area contributed by atoms with Gasteiger partial charge in [0, 0.05) is 17.3 Å². The highest BCUT2D eigenvalue weighted by molar-refractivity contribution is 9.11. The van der Waals surface area contributed by atoms with Crippen LogP contribution in [0.15, 0.2) is 10.1 Å². The van der Waals surface area contributed by atoms with E-state index in [2.05, 4.69) is 20.9 Å². The van der Waals surface area contributed by atoms with Crippen molar-refractivity contribution in [1.82, 2.24) is 4.98 Å². The topological polar surface area (TPSA) is 47.0 Å². The largest absolute Gasteiger partial charge is 0.237 e. The Kier molecular flexibility index (Phi) is 3.25. The van der Waals surface area contributed by atoms with Gasteiger partial charge in [0.1, 0.15) is 9.84 Å². The average molecular weight is 270 g/mol. The van der Waals surface area contributed by atoms with Gasteiger partial charge in [-0.3, -0.25) is 0 Å². The van der Waals surface area contributed by atoms with Crippen LogP contribution in [0.5, 0.6) is 0 Å². The quantitative estimate of drug-likeness (QED) is 0.836. The van der Waals surface area contributed by atoms with Crippen LogP contribution in [0, 0.1) is 0 Å². The van der Waals surface area contributed by atoms with E-state index in [1.807, 2.05) is 0 Å². The molecule has 1 aromatic rings. The van der Waals surface area contributed by atoms with E-state index in [0.29, 0.717) is 6.42 Å². The molecular weight excluding hydrogens is 262 g/mol. The van der Waals surface area contributed by atoms with Crippen LogP contribution in [0.1, 0.15) is 4.88 Å². The lowest BCUT2D eigenvalue weighted by atomic mass is 10.4. The summed E-state index contributed by atoms with van der Waals surface area (Å²) < 4.78 is 22.4. The lowest BCUT2D eigenvalue weighted by Crippen LogP contribution is -2.04. The fourth-order valence-corrected chi connectivity index (χ4v) is 2.76. The second-order valence-corrected chi connectivity index (χ2v) is 7.11. The highest BCUT2D eigenvalue weighted by atomic mass is 79.9. The molecule has 1 rings (SSSR count). The van der Waals surface area contributed by atoms with E-state index in [9.17, 15) is 8.42 Å². The molecule has 0 aliphatic carbocycles. The van der Waals surface area contributed by atoms with Gasteiger partial charge >= 0.3 is 0 Å². The van der Waals surface area contributed by atoms with Crippen LogP contribution >= 0.6 is 27.3 Å². The molecular formula is C6H8BrNO2S2. The molecule has 0 saturated heterocycles. The molecule has 0 aromatic carbocycles. The minimum absolute atomic E-state index is 0.196. The maximum atomic E-state index is 10.8. The third-order valence-corrected chi connectivity index (χ3v) is 3.73. The fourth-order valence-electron chi connectivity index (χ4n) is 0.685. The minimum Gasteiger partial charge on any atom is -0.237 e. The molecule has 12 heavy (non-hydrogen) atoms. The Labute approximate surface area is 83.9 Å². The van der Waals surface area contributed by atoms with Crippen molar-refractivity contribution in [3.63, 3.8) is 0 Å². The SMILES string of the molecule is CS(=O)(=O)CCc1cnc(Br)s1. The number of nitrogens with zero attached hydrogens (tertiary/aromatic N) is 1. The number of halogens is 1. The zero-order valence-electron chi connectivity index (χ0n) is 6.45. The number of sulfone groups is 1. The summed E-state index contributed by atoms with van der Waals surface area (Å²) in [5.41, 5.74) is 0. The van der Waals surface area contributed by atoms with Crippen LogP contribution < -0.4 is 0 Å². The number of aromatic nitrogens is 1. The Morgan fingerprint density at radius 3 is 2.75 bits per heavy atom. The van der Waals surface area contributed by atoms with Gasteiger partial charge in [-0.1, -0.05) is 0 Å². The summed E-state index contributed by atoms with van der Waals surface area (Å²) in [6.45, 7) is 0. The summed E-state index contributed by atoms with van der Waals surface area (Å²) in [6, 6.07) is 0. The molecule has 0 fully saturated rings. The van der Waals surface area contributed by atoms with Crippen LogP contribution in [0.25, 0.3) is 0 Å². The van der Waals surface area contributed by atoms with Gasteiger partial charge in [0.05, 0.1) is 5.75 Å². The number of thiazole rings is 1. The number of hydrogen-bond donors (Lipinski definition) is 0. The minimum atomic E-state index is -2.85. The summed E-state index contributed by atoms with van der Waals surface area (Å²) in [7, 11) is -2.85. The monoisotopic (exact) mass is 269 g/mol. The lowest BCUT2D eigenvalue weighted by Gasteiger charge is -1.93. The average Bonchev–Trinajstić information content (AvgIpc) is 2.30. The summed E-state index contributed by atoms with van der Waals surface area (Å²) in [5, 5.41) is 0. The zero-order chi connectivity index (χ0) is 9.19. The molecule has 0 radical (unpaired) electrons. The second kappa shape index (κ2) is 3.85. The predicted molar refractivity (Wildman–Crippen MR) is 53.2 cm³/mol. The molecule has 0 saturated carbocycles. The zero-order valence-corrected chi connectivity index (χ0v) is 9.67. The fraction of sp³-hybridized carbons (Fsp3) is 0.500. The van der Waals surface area contributed by atoms with Crippen molar-refractivity contribution in [2.24, 2.45) is 0 Å². The molecule has 0 N–H and O–H groups in total. The first kappa shape index (κ1) is 10.1. The maximum absolute atomic E-state index is 10.8. The van der Waals surface area contributed by atoms with Gasteiger partial charge in [0.25, 0.3) is 0 Å². The van der Waals surface area contributed by atoms with Gasteiger partial charge in [-0.15, -0.1) is 11.3 Å². The Bertz CT molecular complexity index is 357. The Morgan fingerprint density at radius 1 is 1.67 bits per heavy atom. The van der Waals surface area contributed by atoms with Crippen molar-refractivity contribution in [2.75, 3.05) is 12.0 Å². The third kappa shape index (κ3) is 3.64. The molecule has 0 unspecified atom stereocenters. The van der Waals surface area contributed by atoms with E-state index in [1.165, 1.54) is 17.6 Å². The van der Waals surface area contributed by atoms with Gasteiger partial charge < -0.3 is 0 Å². The molecule has 0 amide bonds. The first-order valence-electron chi connectivity index (χ1n) is 3.25. The van der Waals surface area contributed by atoms with Crippen LogP contribution in [0.4, 0.5) is 0 Å². The number of aryl methyl sites for hydroxylation is 1. The second-order valence-electron chi connectivity index (χ2n) is 2.46. The molecule has 1 aromatic heterocycles. The predicted octanol–water partition coefficient (Wildman–Crippen LogP) is 1.49. The molecule has 0 aliphatic heterocycles. The number of hydrogen-bond acceptors (Lipinski definition) is 4. The van der Waals surface area contributed by atoms with Crippen LogP contribution in [-0.4, -0.2) is 25.4 Å². The normalized spacial score (nSPS) is 11.8. The molecule has 0 bridgehead atoms. The molecule has 6 heteroatoms.